The summed E-state index contributed by atoms with van der Waals surface area (Å²) in [5, 5.41) is 0. The maximum Gasteiger partial charge on any atom is 0.0540 e. The lowest BCUT2D eigenvalue weighted by Gasteiger charge is -2.33. The molecule has 0 radical (unpaired) electrons. The van der Waals surface area contributed by atoms with Crippen LogP contribution in [0.3, 0.4) is 0 Å². The predicted octanol–water partition coefficient (Wildman–Crippen LogP) is 16.2. The van der Waals surface area contributed by atoms with Gasteiger partial charge in [0.25, 0.3) is 0 Å². The summed E-state index contributed by atoms with van der Waals surface area (Å²) in [6.07, 6.45) is 2.09. The number of hydrogen-bond donors (Lipinski definition) is 0. The fraction of sp³-hybridized carbons (Fsp3) is 0.186. The first-order valence-corrected chi connectivity index (χ1v) is 21.9. The smallest absolute Gasteiger partial charge is 0.0540 e. The fourth-order valence-electron chi connectivity index (χ4n) is 11.7. The number of rotatable bonds is 7. The van der Waals surface area contributed by atoms with Crippen molar-refractivity contribution < 1.29 is 0 Å². The largest absolute Gasteiger partial charge is 0.309 e. The molecular weight excluding hydrogens is 723 g/mol. The summed E-state index contributed by atoms with van der Waals surface area (Å²) in [6, 6.07) is 66.8. The third-order valence-corrected chi connectivity index (χ3v) is 14.8. The molecule has 0 N–H and O–H groups in total. The maximum atomic E-state index is 2.57. The monoisotopic (exact) mass is 773 g/mol. The second-order valence-corrected chi connectivity index (χ2v) is 18.3. The highest BCUT2D eigenvalue weighted by Crippen LogP contribution is 2.57. The summed E-state index contributed by atoms with van der Waals surface area (Å²) < 4.78 is 0. The third-order valence-electron chi connectivity index (χ3n) is 14.8. The van der Waals surface area contributed by atoms with Gasteiger partial charge in [-0.05, 0) is 121 Å². The molecule has 1 heteroatoms. The highest BCUT2D eigenvalue weighted by molar-refractivity contribution is 6.00. The van der Waals surface area contributed by atoms with Gasteiger partial charge < -0.3 is 4.90 Å². The topological polar surface area (TPSA) is 3.24 Å². The van der Waals surface area contributed by atoms with Gasteiger partial charge in [-0.1, -0.05) is 187 Å². The number of benzene rings is 8. The van der Waals surface area contributed by atoms with E-state index in [1.807, 2.05) is 0 Å². The van der Waals surface area contributed by atoms with Gasteiger partial charge in [-0.3, -0.25) is 0 Å². The minimum atomic E-state index is -0.0947. The van der Waals surface area contributed by atoms with Crippen LogP contribution in [0.2, 0.25) is 0 Å². The average molecular weight is 774 g/mol. The SMILES string of the molecule is CCC1(CC)c2ccccc2-c2ccc(N(c3ccccc3-c3ccc4c(c3)-c3ccccc3C4(C)C)c3ccccc3-c3cccc4c3-c3ccccc3C4(C)C)cc21. The summed E-state index contributed by atoms with van der Waals surface area (Å²) in [5.41, 5.74) is 24.8. The zero-order chi connectivity index (χ0) is 41.0. The molecular formula is C59H51N. The summed E-state index contributed by atoms with van der Waals surface area (Å²) >= 11 is 0. The lowest BCUT2D eigenvalue weighted by molar-refractivity contribution is 0.490. The zero-order valence-corrected chi connectivity index (χ0v) is 35.6. The van der Waals surface area contributed by atoms with Crippen molar-refractivity contribution in [2.75, 3.05) is 4.90 Å². The molecule has 0 fully saturated rings. The van der Waals surface area contributed by atoms with Crippen LogP contribution in [-0.2, 0) is 16.2 Å². The lowest BCUT2D eigenvalue weighted by atomic mass is 9.74. The van der Waals surface area contributed by atoms with E-state index in [4.69, 9.17) is 0 Å². The number of para-hydroxylation sites is 2. The summed E-state index contributed by atoms with van der Waals surface area (Å²) in [6.45, 7) is 14.2. The molecule has 0 atom stereocenters. The van der Waals surface area contributed by atoms with E-state index < -0.39 is 0 Å². The van der Waals surface area contributed by atoms with Crippen LogP contribution >= 0.6 is 0 Å². The first-order valence-electron chi connectivity index (χ1n) is 21.9. The molecule has 0 amide bonds. The minimum Gasteiger partial charge on any atom is -0.309 e. The maximum absolute atomic E-state index is 2.57. The molecule has 3 aliphatic rings. The fourth-order valence-corrected chi connectivity index (χ4v) is 11.7. The van der Waals surface area contributed by atoms with E-state index in [0.717, 1.165) is 18.5 Å². The molecule has 3 aliphatic carbocycles. The van der Waals surface area contributed by atoms with E-state index in [0.29, 0.717) is 0 Å². The first-order chi connectivity index (χ1) is 29.2. The van der Waals surface area contributed by atoms with Gasteiger partial charge in [-0.25, -0.2) is 0 Å². The van der Waals surface area contributed by atoms with Crippen LogP contribution in [-0.4, -0.2) is 0 Å². The van der Waals surface area contributed by atoms with Gasteiger partial charge in [0.2, 0.25) is 0 Å². The molecule has 0 unspecified atom stereocenters. The van der Waals surface area contributed by atoms with E-state index in [1.54, 1.807) is 0 Å². The van der Waals surface area contributed by atoms with Crippen molar-refractivity contribution >= 4 is 17.1 Å². The van der Waals surface area contributed by atoms with Crippen LogP contribution < -0.4 is 4.90 Å². The normalized spacial score (nSPS) is 15.4. The van der Waals surface area contributed by atoms with Crippen LogP contribution in [0.5, 0.6) is 0 Å². The number of hydrogen-bond acceptors (Lipinski definition) is 1. The number of nitrogens with zero attached hydrogens (tertiary/aromatic N) is 1. The molecule has 11 rings (SSSR count). The van der Waals surface area contributed by atoms with Crippen molar-refractivity contribution in [1.82, 2.24) is 0 Å². The van der Waals surface area contributed by atoms with Crippen LogP contribution in [0.15, 0.2) is 176 Å². The summed E-state index contributed by atoms with van der Waals surface area (Å²) in [7, 11) is 0. The number of anilines is 3. The van der Waals surface area contributed by atoms with Gasteiger partial charge in [-0.15, -0.1) is 0 Å². The average Bonchev–Trinajstić information content (AvgIpc) is 3.81. The standard InChI is InChI=1S/C59H51N/c1-7-59(8-2)51-28-16-10-21-41(51)43-34-33-39(37-53(43)59)60(54-30-17-12-20-40(54)38-32-35-50-47(36-38)42-22-9-14-26-48(42)57(50,3)4)55-31-18-13-23-44(55)45-25-19-29-52-56(45)46-24-11-15-27-49(46)58(52,5)6/h9-37H,7-8H2,1-6H3. The molecule has 8 aromatic carbocycles. The lowest BCUT2D eigenvalue weighted by Crippen LogP contribution is -2.23. The van der Waals surface area contributed by atoms with E-state index >= 15 is 0 Å². The van der Waals surface area contributed by atoms with Crippen molar-refractivity contribution in [3.8, 4) is 55.6 Å². The summed E-state index contributed by atoms with van der Waals surface area (Å²) in [4.78, 5) is 2.57. The van der Waals surface area contributed by atoms with E-state index in [1.165, 1.54) is 100 Å². The second-order valence-electron chi connectivity index (χ2n) is 18.3. The molecule has 0 aliphatic heterocycles. The highest BCUT2D eigenvalue weighted by atomic mass is 15.1. The van der Waals surface area contributed by atoms with Crippen LogP contribution in [0, 0.1) is 0 Å². The van der Waals surface area contributed by atoms with Gasteiger partial charge in [0.15, 0.2) is 0 Å². The molecule has 8 aromatic rings. The molecule has 0 saturated carbocycles. The van der Waals surface area contributed by atoms with Gasteiger partial charge >= 0.3 is 0 Å². The molecule has 60 heavy (non-hydrogen) atoms. The van der Waals surface area contributed by atoms with Gasteiger partial charge in [0, 0.05) is 33.1 Å². The Morgan fingerprint density at radius 3 is 1.53 bits per heavy atom. The molecule has 292 valence electrons. The Morgan fingerprint density at radius 2 is 0.833 bits per heavy atom. The first kappa shape index (κ1) is 36.6. The molecule has 0 spiro atoms. The van der Waals surface area contributed by atoms with Crippen molar-refractivity contribution in [1.29, 1.82) is 0 Å². The van der Waals surface area contributed by atoms with Crippen molar-refractivity contribution in [2.24, 2.45) is 0 Å². The molecule has 0 bridgehead atoms. The second kappa shape index (κ2) is 13.3. The van der Waals surface area contributed by atoms with Crippen LogP contribution in [0.4, 0.5) is 17.1 Å². The van der Waals surface area contributed by atoms with Crippen molar-refractivity contribution in [3.63, 3.8) is 0 Å². The Labute approximate surface area is 356 Å². The molecule has 0 heterocycles. The quantitative estimate of drug-likeness (QED) is 0.156. The third kappa shape index (κ3) is 4.99. The Balaban J connectivity index is 1.17. The van der Waals surface area contributed by atoms with Crippen LogP contribution in [0.1, 0.15) is 87.8 Å². The van der Waals surface area contributed by atoms with E-state index in [9.17, 15) is 0 Å². The van der Waals surface area contributed by atoms with Crippen LogP contribution in [0.25, 0.3) is 55.6 Å². The Morgan fingerprint density at radius 1 is 0.350 bits per heavy atom. The van der Waals surface area contributed by atoms with Gasteiger partial charge in [0.05, 0.1) is 11.4 Å². The van der Waals surface area contributed by atoms with Gasteiger partial charge in [-0.2, -0.15) is 0 Å². The molecule has 0 saturated heterocycles. The van der Waals surface area contributed by atoms with E-state index in [-0.39, 0.29) is 16.2 Å². The highest BCUT2D eigenvalue weighted by Gasteiger charge is 2.42. The number of fused-ring (bicyclic) bond motifs is 9. The molecule has 0 aromatic heterocycles. The Hall–Kier alpha value is -6.44. The van der Waals surface area contributed by atoms with Crippen molar-refractivity contribution in [3.05, 3.63) is 209 Å². The van der Waals surface area contributed by atoms with E-state index in [2.05, 4.69) is 222 Å². The Kier molecular flexibility index (Phi) is 8.11. The van der Waals surface area contributed by atoms with Gasteiger partial charge in [0.1, 0.15) is 0 Å². The minimum absolute atomic E-state index is 0.0505. The summed E-state index contributed by atoms with van der Waals surface area (Å²) in [5.74, 6) is 0. The predicted molar refractivity (Wildman–Crippen MR) is 254 cm³/mol. The van der Waals surface area contributed by atoms with Crippen molar-refractivity contribution in [2.45, 2.75) is 70.6 Å². The zero-order valence-electron chi connectivity index (χ0n) is 35.6. The Bertz CT molecular complexity index is 3030. The molecule has 1 nitrogen and oxygen atoms in total.